The maximum atomic E-state index is 13.0. The molecule has 0 spiro atoms. The third-order valence-electron chi connectivity index (χ3n) is 2.97. The van der Waals surface area contributed by atoms with Crippen molar-refractivity contribution in [3.63, 3.8) is 0 Å². The lowest BCUT2D eigenvalue weighted by Crippen LogP contribution is -2.24. The van der Waals surface area contributed by atoms with Gasteiger partial charge in [0.05, 0.1) is 11.3 Å². The quantitative estimate of drug-likeness (QED) is 0.801. The van der Waals surface area contributed by atoms with Gasteiger partial charge in [-0.2, -0.15) is 13.2 Å². The first-order chi connectivity index (χ1) is 11.1. The van der Waals surface area contributed by atoms with Gasteiger partial charge in [-0.1, -0.05) is 41.9 Å². The first-order valence-electron chi connectivity index (χ1n) is 6.54. The molecule has 0 saturated heterocycles. The number of Topliss-reactive ketones (excluding diaryl/α,β-unsaturated/α-hetero) is 1. The van der Waals surface area contributed by atoms with Crippen LogP contribution in [0.3, 0.4) is 0 Å². The predicted octanol–water partition coefficient (Wildman–Crippen LogP) is 3.98. The van der Waals surface area contributed by atoms with E-state index in [-0.39, 0.29) is 10.6 Å². The lowest BCUT2D eigenvalue weighted by Gasteiger charge is -2.15. The number of carbonyl (C=O) groups excluding carboxylic acids is 1. The highest BCUT2D eigenvalue weighted by molar-refractivity contribution is 7.93. The fraction of sp³-hybridized carbons (Fsp3) is 0.133. The zero-order valence-electron chi connectivity index (χ0n) is 12.0. The Hall–Kier alpha value is -2.06. The standard InChI is InChI=1S/C15H11ClF3NO3S/c16-11-6-7-13(12(8-11)15(17,18)19)20-24(22,23)9-14(21)10-4-2-1-3-5-10/h1-8,20H,9H2. The SMILES string of the molecule is O=C(CS(=O)(=O)Nc1ccc(Cl)cc1C(F)(F)F)c1ccccc1. The largest absolute Gasteiger partial charge is 0.418 e. The van der Waals surface area contributed by atoms with Gasteiger partial charge in [-0.3, -0.25) is 9.52 Å². The van der Waals surface area contributed by atoms with Crippen LogP contribution in [0.1, 0.15) is 15.9 Å². The zero-order valence-corrected chi connectivity index (χ0v) is 13.5. The van der Waals surface area contributed by atoms with Gasteiger partial charge in [-0.15, -0.1) is 0 Å². The number of rotatable bonds is 5. The van der Waals surface area contributed by atoms with E-state index in [2.05, 4.69) is 0 Å². The number of carbonyl (C=O) groups is 1. The molecule has 1 N–H and O–H groups in total. The molecule has 0 fully saturated rings. The van der Waals surface area contributed by atoms with Gasteiger partial charge in [0, 0.05) is 10.6 Å². The van der Waals surface area contributed by atoms with Crippen molar-refractivity contribution in [3.05, 3.63) is 64.7 Å². The molecule has 0 aromatic heterocycles. The summed E-state index contributed by atoms with van der Waals surface area (Å²) in [6.45, 7) is 0. The number of alkyl halides is 3. The van der Waals surface area contributed by atoms with E-state index in [0.717, 1.165) is 12.1 Å². The maximum Gasteiger partial charge on any atom is 0.418 e. The molecule has 24 heavy (non-hydrogen) atoms. The first-order valence-corrected chi connectivity index (χ1v) is 8.57. The van der Waals surface area contributed by atoms with Gasteiger partial charge in [0.1, 0.15) is 5.75 Å². The van der Waals surface area contributed by atoms with Crippen LogP contribution >= 0.6 is 11.6 Å². The smallest absolute Gasteiger partial charge is 0.293 e. The van der Waals surface area contributed by atoms with E-state index in [4.69, 9.17) is 11.6 Å². The average Bonchev–Trinajstić information content (AvgIpc) is 2.48. The molecule has 128 valence electrons. The molecule has 0 aliphatic heterocycles. The van der Waals surface area contributed by atoms with Crippen LogP contribution in [0.2, 0.25) is 5.02 Å². The van der Waals surface area contributed by atoms with Crippen LogP contribution in [0.4, 0.5) is 18.9 Å². The Morgan fingerprint density at radius 2 is 1.71 bits per heavy atom. The molecule has 0 unspecified atom stereocenters. The molecule has 2 aromatic rings. The zero-order chi connectivity index (χ0) is 18.0. The summed E-state index contributed by atoms with van der Waals surface area (Å²) in [6, 6.07) is 10.2. The van der Waals surface area contributed by atoms with Gasteiger partial charge in [0.2, 0.25) is 10.0 Å². The number of hydrogen-bond donors (Lipinski definition) is 1. The van der Waals surface area contributed by atoms with Crippen molar-refractivity contribution >= 4 is 33.1 Å². The summed E-state index contributed by atoms with van der Waals surface area (Å²) in [4.78, 5) is 11.9. The van der Waals surface area contributed by atoms with Crippen molar-refractivity contribution in [1.29, 1.82) is 0 Å². The second-order valence-electron chi connectivity index (χ2n) is 4.84. The fourth-order valence-electron chi connectivity index (χ4n) is 1.92. The molecule has 2 rings (SSSR count). The molecular formula is C15H11ClF3NO3S. The van der Waals surface area contributed by atoms with Crippen molar-refractivity contribution in [2.45, 2.75) is 6.18 Å². The van der Waals surface area contributed by atoms with Crippen LogP contribution in [0.5, 0.6) is 0 Å². The Bertz CT molecular complexity index is 852. The number of sulfonamides is 1. The molecule has 0 heterocycles. The van der Waals surface area contributed by atoms with Gasteiger partial charge in [-0.25, -0.2) is 8.42 Å². The minimum Gasteiger partial charge on any atom is -0.293 e. The molecule has 0 saturated carbocycles. The van der Waals surface area contributed by atoms with E-state index < -0.39 is 39.0 Å². The second kappa shape index (κ2) is 6.82. The molecule has 0 aliphatic rings. The summed E-state index contributed by atoms with van der Waals surface area (Å²) in [5, 5.41) is -0.189. The molecule has 0 bridgehead atoms. The lowest BCUT2D eigenvalue weighted by molar-refractivity contribution is -0.136. The van der Waals surface area contributed by atoms with Gasteiger partial charge in [-0.05, 0) is 18.2 Å². The molecule has 0 aliphatic carbocycles. The van der Waals surface area contributed by atoms with E-state index >= 15 is 0 Å². The van der Waals surface area contributed by atoms with Gasteiger partial charge in [0.25, 0.3) is 0 Å². The monoisotopic (exact) mass is 377 g/mol. The number of ketones is 1. The topological polar surface area (TPSA) is 63.2 Å². The van der Waals surface area contributed by atoms with Crippen molar-refractivity contribution < 1.29 is 26.4 Å². The number of anilines is 1. The van der Waals surface area contributed by atoms with Crippen molar-refractivity contribution in [2.24, 2.45) is 0 Å². The van der Waals surface area contributed by atoms with Gasteiger partial charge in [0.15, 0.2) is 5.78 Å². The van der Waals surface area contributed by atoms with E-state index in [0.29, 0.717) is 6.07 Å². The molecule has 0 radical (unpaired) electrons. The number of nitrogens with one attached hydrogen (secondary N) is 1. The van der Waals surface area contributed by atoms with Crippen LogP contribution < -0.4 is 4.72 Å². The number of hydrogen-bond acceptors (Lipinski definition) is 3. The Kier molecular flexibility index (Phi) is 5.19. The summed E-state index contributed by atoms with van der Waals surface area (Å²) >= 11 is 5.53. The lowest BCUT2D eigenvalue weighted by atomic mass is 10.2. The van der Waals surface area contributed by atoms with Gasteiger partial charge >= 0.3 is 6.18 Å². The average molecular weight is 378 g/mol. The molecule has 4 nitrogen and oxygen atoms in total. The maximum absolute atomic E-state index is 13.0. The normalized spacial score (nSPS) is 12.0. The fourth-order valence-corrected chi connectivity index (χ4v) is 3.19. The summed E-state index contributed by atoms with van der Waals surface area (Å²) in [5.41, 5.74) is -1.77. The van der Waals surface area contributed by atoms with Crippen LogP contribution in [-0.2, 0) is 16.2 Å². The minimum atomic E-state index is -4.80. The Labute approximate surface area is 141 Å². The van der Waals surface area contributed by atoms with E-state index in [1.54, 1.807) is 22.9 Å². The van der Waals surface area contributed by atoms with Crippen molar-refractivity contribution in [2.75, 3.05) is 10.5 Å². The Balaban J connectivity index is 2.26. The van der Waals surface area contributed by atoms with Gasteiger partial charge < -0.3 is 0 Å². The highest BCUT2D eigenvalue weighted by atomic mass is 35.5. The Morgan fingerprint density at radius 1 is 1.08 bits per heavy atom. The third kappa shape index (κ3) is 4.72. The first kappa shape index (κ1) is 18.3. The van der Waals surface area contributed by atoms with E-state index in [1.807, 2.05) is 0 Å². The Morgan fingerprint density at radius 3 is 2.29 bits per heavy atom. The number of halogens is 4. The highest BCUT2D eigenvalue weighted by Crippen LogP contribution is 2.36. The van der Waals surface area contributed by atoms with Crippen LogP contribution in [-0.4, -0.2) is 20.0 Å². The number of benzene rings is 2. The summed E-state index contributed by atoms with van der Waals surface area (Å²) in [6.07, 6.45) is -4.80. The molecule has 2 aromatic carbocycles. The summed E-state index contributed by atoms with van der Waals surface area (Å²) in [7, 11) is -4.32. The molecule has 9 heteroatoms. The molecule has 0 amide bonds. The highest BCUT2D eigenvalue weighted by Gasteiger charge is 2.35. The van der Waals surface area contributed by atoms with Crippen LogP contribution in [0, 0.1) is 0 Å². The molecular weight excluding hydrogens is 367 g/mol. The minimum absolute atomic E-state index is 0.148. The predicted molar refractivity (Wildman–Crippen MR) is 84.6 cm³/mol. The van der Waals surface area contributed by atoms with Crippen LogP contribution in [0.15, 0.2) is 48.5 Å². The summed E-state index contributed by atoms with van der Waals surface area (Å²) < 4.78 is 64.7. The summed E-state index contributed by atoms with van der Waals surface area (Å²) in [5.74, 6) is -1.71. The third-order valence-corrected chi connectivity index (χ3v) is 4.38. The second-order valence-corrected chi connectivity index (χ2v) is 7.00. The van der Waals surface area contributed by atoms with Crippen LogP contribution in [0.25, 0.3) is 0 Å². The van der Waals surface area contributed by atoms with Crippen molar-refractivity contribution in [1.82, 2.24) is 0 Å². The van der Waals surface area contributed by atoms with Crippen molar-refractivity contribution in [3.8, 4) is 0 Å². The van der Waals surface area contributed by atoms with E-state index in [9.17, 15) is 26.4 Å². The molecule has 0 atom stereocenters. The van der Waals surface area contributed by atoms with E-state index in [1.165, 1.54) is 12.1 Å².